The van der Waals surface area contributed by atoms with Crippen LogP contribution < -0.4 is 5.32 Å². The molecule has 4 aromatic rings. The highest BCUT2D eigenvalue weighted by atomic mass is 32.1. The summed E-state index contributed by atoms with van der Waals surface area (Å²) >= 11 is 1.47. The molecule has 0 aliphatic carbocycles. The van der Waals surface area contributed by atoms with E-state index in [1.165, 1.54) is 16.9 Å². The predicted molar refractivity (Wildman–Crippen MR) is 117 cm³/mol. The van der Waals surface area contributed by atoms with E-state index in [-0.39, 0.29) is 5.91 Å². The van der Waals surface area contributed by atoms with Crippen molar-refractivity contribution in [1.82, 2.24) is 15.0 Å². The van der Waals surface area contributed by atoms with E-state index in [0.717, 1.165) is 29.0 Å². The lowest BCUT2D eigenvalue weighted by atomic mass is 10.1. The molecule has 0 saturated carbocycles. The number of nitrogens with one attached hydrogen (secondary N) is 1. The Balaban J connectivity index is 1.49. The summed E-state index contributed by atoms with van der Waals surface area (Å²) in [5.41, 5.74) is 5.36. The number of carbonyl (C=O) groups is 1. The van der Waals surface area contributed by atoms with Gasteiger partial charge < -0.3 is 5.32 Å². The molecule has 0 fully saturated rings. The molecule has 6 heteroatoms. The molecule has 0 unspecified atom stereocenters. The molecule has 0 radical (unpaired) electrons. The number of amides is 1. The summed E-state index contributed by atoms with van der Waals surface area (Å²) in [7, 11) is 0. The average molecular weight is 401 g/mol. The molecule has 4 rings (SSSR count). The molecule has 1 amide bonds. The van der Waals surface area contributed by atoms with Crippen LogP contribution in [0, 0.1) is 0 Å². The molecule has 29 heavy (non-hydrogen) atoms. The van der Waals surface area contributed by atoms with Gasteiger partial charge in [-0.25, -0.2) is 9.97 Å². The first-order valence-electron chi connectivity index (χ1n) is 9.45. The number of rotatable bonds is 7. The Morgan fingerprint density at radius 2 is 1.72 bits per heavy atom. The number of carbonyl (C=O) groups excluding carboxylic acids is 1. The Morgan fingerprint density at radius 1 is 0.966 bits per heavy atom. The summed E-state index contributed by atoms with van der Waals surface area (Å²) in [6.07, 6.45) is 5.52. The van der Waals surface area contributed by atoms with E-state index < -0.39 is 0 Å². The van der Waals surface area contributed by atoms with E-state index in [9.17, 15) is 4.79 Å². The molecule has 5 nitrogen and oxygen atoms in total. The molecule has 0 atom stereocenters. The average Bonchev–Trinajstić information content (AvgIpc) is 3.30. The normalized spacial score (nSPS) is 10.6. The van der Waals surface area contributed by atoms with Gasteiger partial charge in [-0.2, -0.15) is 0 Å². The highest BCUT2D eigenvalue weighted by molar-refractivity contribution is 7.13. The Labute approximate surface area is 173 Å². The summed E-state index contributed by atoms with van der Waals surface area (Å²) in [5, 5.41) is 2.93. The van der Waals surface area contributed by atoms with Crippen LogP contribution in [-0.4, -0.2) is 20.9 Å². The number of thiazole rings is 1. The first kappa shape index (κ1) is 19.0. The maximum Gasteiger partial charge on any atom is 0.225 e. The fourth-order valence-corrected chi connectivity index (χ4v) is 3.64. The SMILES string of the molecule is O=C(CCCc1ccccc1)Nc1ncc(-c2ccccc2)nc1-c1cncs1. The number of hydrogen-bond acceptors (Lipinski definition) is 5. The van der Waals surface area contributed by atoms with Crippen molar-refractivity contribution < 1.29 is 4.79 Å². The minimum atomic E-state index is -0.0616. The van der Waals surface area contributed by atoms with Gasteiger partial charge in [-0.3, -0.25) is 9.78 Å². The van der Waals surface area contributed by atoms with Gasteiger partial charge in [0.25, 0.3) is 0 Å². The molecular formula is C23H20N4OS. The minimum Gasteiger partial charge on any atom is -0.309 e. The molecule has 0 saturated heterocycles. The van der Waals surface area contributed by atoms with Gasteiger partial charge in [0.05, 0.1) is 22.3 Å². The molecule has 2 aromatic carbocycles. The summed E-state index contributed by atoms with van der Waals surface area (Å²) < 4.78 is 0. The van der Waals surface area contributed by atoms with E-state index in [0.29, 0.717) is 17.9 Å². The van der Waals surface area contributed by atoms with E-state index >= 15 is 0 Å². The Hall–Kier alpha value is -3.38. The Kier molecular flexibility index (Phi) is 6.02. The van der Waals surface area contributed by atoms with Gasteiger partial charge in [0.1, 0.15) is 5.69 Å². The van der Waals surface area contributed by atoms with Crippen molar-refractivity contribution in [3.63, 3.8) is 0 Å². The third kappa shape index (κ3) is 4.92. The van der Waals surface area contributed by atoms with Crippen LogP contribution in [0.25, 0.3) is 21.8 Å². The van der Waals surface area contributed by atoms with E-state index in [2.05, 4.69) is 27.4 Å². The van der Waals surface area contributed by atoms with Gasteiger partial charge in [-0.1, -0.05) is 60.7 Å². The maximum absolute atomic E-state index is 12.5. The summed E-state index contributed by atoms with van der Waals surface area (Å²) in [6.45, 7) is 0. The second kappa shape index (κ2) is 9.21. The van der Waals surface area contributed by atoms with Gasteiger partial charge in [-0.05, 0) is 18.4 Å². The zero-order chi connectivity index (χ0) is 19.9. The smallest absolute Gasteiger partial charge is 0.225 e. The van der Waals surface area contributed by atoms with Crippen LogP contribution in [0.3, 0.4) is 0 Å². The molecule has 0 aliphatic heterocycles. The number of nitrogens with zero attached hydrogens (tertiary/aromatic N) is 3. The molecule has 2 heterocycles. The Morgan fingerprint density at radius 3 is 2.45 bits per heavy atom. The Bertz CT molecular complexity index is 1070. The third-order valence-electron chi connectivity index (χ3n) is 4.48. The maximum atomic E-state index is 12.5. The first-order valence-corrected chi connectivity index (χ1v) is 10.3. The highest BCUT2D eigenvalue weighted by Gasteiger charge is 2.15. The van der Waals surface area contributed by atoms with Crippen LogP contribution in [0.4, 0.5) is 5.82 Å². The van der Waals surface area contributed by atoms with Crippen LogP contribution in [0.5, 0.6) is 0 Å². The molecule has 2 aromatic heterocycles. The second-order valence-electron chi connectivity index (χ2n) is 6.57. The van der Waals surface area contributed by atoms with Crippen molar-refractivity contribution in [3.8, 4) is 21.8 Å². The van der Waals surface area contributed by atoms with E-state index in [1.807, 2.05) is 48.5 Å². The van der Waals surface area contributed by atoms with Gasteiger partial charge in [0, 0.05) is 18.2 Å². The van der Waals surface area contributed by atoms with Crippen molar-refractivity contribution >= 4 is 23.1 Å². The number of benzene rings is 2. The largest absolute Gasteiger partial charge is 0.309 e. The molecule has 1 N–H and O–H groups in total. The van der Waals surface area contributed by atoms with Crippen LogP contribution in [0.15, 0.2) is 78.6 Å². The van der Waals surface area contributed by atoms with E-state index in [4.69, 9.17) is 4.98 Å². The van der Waals surface area contributed by atoms with Crippen LogP contribution in [0.1, 0.15) is 18.4 Å². The fourth-order valence-electron chi connectivity index (χ4n) is 3.03. The molecule has 144 valence electrons. The zero-order valence-corrected chi connectivity index (χ0v) is 16.6. The lowest BCUT2D eigenvalue weighted by molar-refractivity contribution is -0.116. The monoisotopic (exact) mass is 400 g/mol. The number of hydrogen-bond donors (Lipinski definition) is 1. The van der Waals surface area contributed by atoms with Crippen molar-refractivity contribution in [1.29, 1.82) is 0 Å². The first-order chi connectivity index (χ1) is 14.3. The number of aromatic nitrogens is 3. The lowest BCUT2D eigenvalue weighted by Gasteiger charge is -2.10. The van der Waals surface area contributed by atoms with Gasteiger partial charge in [0.15, 0.2) is 5.82 Å². The van der Waals surface area contributed by atoms with Crippen molar-refractivity contribution in [2.75, 3.05) is 5.32 Å². The topological polar surface area (TPSA) is 67.8 Å². The van der Waals surface area contributed by atoms with Crippen LogP contribution >= 0.6 is 11.3 Å². The summed E-state index contributed by atoms with van der Waals surface area (Å²) in [6, 6.07) is 20.0. The highest BCUT2D eigenvalue weighted by Crippen LogP contribution is 2.30. The molecular weight excluding hydrogens is 380 g/mol. The van der Waals surface area contributed by atoms with Gasteiger partial charge in [0.2, 0.25) is 5.91 Å². The van der Waals surface area contributed by atoms with Crippen LogP contribution in [-0.2, 0) is 11.2 Å². The van der Waals surface area contributed by atoms with Crippen molar-refractivity contribution in [3.05, 3.63) is 84.1 Å². The van der Waals surface area contributed by atoms with Crippen molar-refractivity contribution in [2.45, 2.75) is 19.3 Å². The molecule has 0 spiro atoms. The minimum absolute atomic E-state index is 0.0616. The number of aryl methyl sites for hydroxylation is 1. The fraction of sp³-hybridized carbons (Fsp3) is 0.130. The molecule has 0 aliphatic rings. The second-order valence-corrected chi connectivity index (χ2v) is 7.46. The van der Waals surface area contributed by atoms with Crippen LogP contribution in [0.2, 0.25) is 0 Å². The lowest BCUT2D eigenvalue weighted by Crippen LogP contribution is -2.14. The predicted octanol–water partition coefficient (Wildman–Crippen LogP) is 5.23. The van der Waals surface area contributed by atoms with Gasteiger partial charge >= 0.3 is 0 Å². The third-order valence-corrected chi connectivity index (χ3v) is 5.26. The van der Waals surface area contributed by atoms with Gasteiger partial charge in [-0.15, -0.1) is 11.3 Å². The quantitative estimate of drug-likeness (QED) is 0.461. The zero-order valence-electron chi connectivity index (χ0n) is 15.8. The standard InChI is InChI=1S/C23H20N4OS/c28-21(13-7-10-17-8-3-1-4-9-17)27-23-22(20-15-24-16-29-20)26-19(14-25-23)18-11-5-2-6-12-18/h1-6,8-9,11-12,14-16H,7,10,13H2,(H,25,27,28). The summed E-state index contributed by atoms with van der Waals surface area (Å²) in [4.78, 5) is 26.8. The number of anilines is 1. The molecule has 0 bridgehead atoms. The summed E-state index contributed by atoms with van der Waals surface area (Å²) in [5.74, 6) is 0.409. The van der Waals surface area contributed by atoms with E-state index in [1.54, 1.807) is 17.9 Å². The van der Waals surface area contributed by atoms with Crippen molar-refractivity contribution in [2.24, 2.45) is 0 Å².